The average Bonchev–Trinajstić information content (AvgIpc) is 2.91. The van der Waals surface area contributed by atoms with Crippen LogP contribution in [0.1, 0.15) is 12.0 Å². The number of sulfone groups is 1. The van der Waals surface area contributed by atoms with E-state index in [0.29, 0.717) is 17.2 Å². The van der Waals surface area contributed by atoms with Gasteiger partial charge in [-0.3, -0.25) is 9.59 Å². The van der Waals surface area contributed by atoms with Gasteiger partial charge in [0.1, 0.15) is 5.75 Å². The molecule has 0 bridgehead atoms. The molecule has 0 saturated carbocycles. The Hall–Kier alpha value is -2.38. The van der Waals surface area contributed by atoms with E-state index in [1.54, 1.807) is 13.2 Å². The summed E-state index contributed by atoms with van der Waals surface area (Å²) in [5, 5.41) is 0.393. The lowest BCUT2D eigenvalue weighted by atomic mass is 9.92. The molecule has 6 nitrogen and oxygen atoms in total. The maximum absolute atomic E-state index is 13.3. The lowest BCUT2D eigenvalue weighted by Gasteiger charge is -2.44. The normalized spacial score (nSPS) is 24.1. The Bertz CT molecular complexity index is 1070. The van der Waals surface area contributed by atoms with Crippen LogP contribution >= 0.6 is 11.6 Å². The summed E-state index contributed by atoms with van der Waals surface area (Å²) in [5.74, 6) is -0.739. The van der Waals surface area contributed by atoms with Gasteiger partial charge in [0.2, 0.25) is 20.6 Å². The lowest BCUT2D eigenvalue weighted by Crippen LogP contribution is -2.67. The van der Waals surface area contributed by atoms with Crippen LogP contribution in [0.15, 0.2) is 53.4 Å². The molecular weight excluding hydrogens is 402 g/mol. The van der Waals surface area contributed by atoms with E-state index in [1.165, 1.54) is 29.2 Å². The highest BCUT2D eigenvalue weighted by atomic mass is 35.5. The Labute approximate surface area is 168 Å². The minimum absolute atomic E-state index is 0.0132. The fourth-order valence-electron chi connectivity index (χ4n) is 4.07. The summed E-state index contributed by atoms with van der Waals surface area (Å²) in [6.07, 6.45) is -0.0102. The second-order valence-corrected chi connectivity index (χ2v) is 9.59. The smallest absolute Gasteiger partial charge is 0.228 e. The average molecular weight is 420 g/mol. The number of methoxy groups -OCH3 is 1. The van der Waals surface area contributed by atoms with Crippen molar-refractivity contribution in [2.75, 3.05) is 13.7 Å². The van der Waals surface area contributed by atoms with E-state index < -0.39 is 26.4 Å². The van der Waals surface area contributed by atoms with Gasteiger partial charge in [-0.2, -0.15) is 0 Å². The van der Waals surface area contributed by atoms with Crippen molar-refractivity contribution in [1.82, 2.24) is 4.90 Å². The first-order valence-electron chi connectivity index (χ1n) is 8.78. The molecule has 0 aromatic heterocycles. The molecule has 0 N–H and O–H groups in total. The summed E-state index contributed by atoms with van der Waals surface area (Å²) in [5.41, 5.74) is 0.803. The second kappa shape index (κ2) is 6.60. The van der Waals surface area contributed by atoms with Crippen molar-refractivity contribution in [2.24, 2.45) is 5.92 Å². The van der Waals surface area contributed by atoms with Gasteiger partial charge in [0, 0.05) is 17.5 Å². The standard InChI is InChI=1S/C20H18ClNO5S/c1-27-17-5-3-2-4-13(17)10-14-12-22-18(23)11-20(22,19(14)24)28(25,26)16-8-6-15(21)7-9-16/h2-9,14H,10-12H2,1H3. The molecule has 2 atom stereocenters. The van der Waals surface area contributed by atoms with Gasteiger partial charge in [-0.05, 0) is 42.3 Å². The number of β-lactam (4-membered cyclic amide) rings is 1. The minimum atomic E-state index is -4.07. The molecule has 2 heterocycles. The van der Waals surface area contributed by atoms with E-state index >= 15 is 0 Å². The van der Waals surface area contributed by atoms with Crippen molar-refractivity contribution in [1.29, 1.82) is 0 Å². The first kappa shape index (κ1) is 19.0. The predicted molar refractivity (Wildman–Crippen MR) is 103 cm³/mol. The molecular formula is C20H18ClNO5S. The van der Waals surface area contributed by atoms with Gasteiger partial charge in [-0.1, -0.05) is 29.8 Å². The lowest BCUT2D eigenvalue weighted by molar-refractivity contribution is -0.150. The van der Waals surface area contributed by atoms with Crippen molar-refractivity contribution in [2.45, 2.75) is 22.6 Å². The fraction of sp³-hybridized carbons (Fsp3) is 0.300. The number of hydrogen-bond donors (Lipinski definition) is 0. The summed E-state index contributed by atoms with van der Waals surface area (Å²) in [7, 11) is -2.53. The fourth-order valence-corrected chi connectivity index (χ4v) is 6.30. The van der Waals surface area contributed by atoms with Gasteiger partial charge >= 0.3 is 0 Å². The van der Waals surface area contributed by atoms with Gasteiger partial charge in [0.25, 0.3) is 0 Å². The number of benzene rings is 2. The van der Waals surface area contributed by atoms with Crippen LogP contribution in [0.25, 0.3) is 0 Å². The van der Waals surface area contributed by atoms with Gasteiger partial charge in [0.15, 0.2) is 5.78 Å². The zero-order valence-electron chi connectivity index (χ0n) is 15.1. The van der Waals surface area contributed by atoms with E-state index in [1.807, 2.05) is 18.2 Å². The predicted octanol–water partition coefficient (Wildman–Crippen LogP) is 2.49. The summed E-state index contributed by atoms with van der Waals surface area (Å²) in [6.45, 7) is 0.0858. The first-order valence-corrected chi connectivity index (χ1v) is 10.6. The number of ketones is 1. The van der Waals surface area contributed by atoms with Crippen molar-refractivity contribution in [3.05, 3.63) is 59.1 Å². The van der Waals surface area contributed by atoms with Crippen LogP contribution in [-0.4, -0.2) is 43.5 Å². The SMILES string of the molecule is COc1ccccc1CC1CN2C(=O)CC2(S(=O)(=O)c2ccc(Cl)cc2)C1=O. The molecule has 2 aliphatic heterocycles. The molecule has 0 spiro atoms. The number of ether oxygens (including phenoxy) is 1. The van der Waals surface area contributed by atoms with Crippen molar-refractivity contribution in [3.63, 3.8) is 0 Å². The van der Waals surface area contributed by atoms with E-state index in [4.69, 9.17) is 16.3 Å². The van der Waals surface area contributed by atoms with Crippen LogP contribution in [0.2, 0.25) is 5.02 Å². The number of halogens is 1. The zero-order chi connectivity index (χ0) is 20.1. The van der Waals surface area contributed by atoms with E-state index in [-0.39, 0.29) is 23.8 Å². The molecule has 0 aliphatic carbocycles. The highest BCUT2D eigenvalue weighted by molar-refractivity contribution is 7.93. The van der Waals surface area contributed by atoms with Gasteiger partial charge in [0.05, 0.1) is 18.4 Å². The van der Waals surface area contributed by atoms with Crippen molar-refractivity contribution in [3.8, 4) is 5.75 Å². The number of rotatable bonds is 5. The topological polar surface area (TPSA) is 80.8 Å². The van der Waals surface area contributed by atoms with Crippen LogP contribution in [0.4, 0.5) is 0 Å². The number of carbonyl (C=O) groups is 2. The summed E-state index contributed by atoms with van der Waals surface area (Å²) in [4.78, 5) is 24.8. The third-order valence-corrected chi connectivity index (χ3v) is 8.11. The van der Waals surface area contributed by atoms with Gasteiger partial charge < -0.3 is 9.64 Å². The molecule has 8 heteroatoms. The Kier molecular flexibility index (Phi) is 4.47. The quantitative estimate of drug-likeness (QED) is 0.695. The Morgan fingerprint density at radius 1 is 1.14 bits per heavy atom. The molecule has 0 radical (unpaired) electrons. The van der Waals surface area contributed by atoms with Crippen molar-refractivity contribution < 1.29 is 22.7 Å². The molecule has 2 saturated heterocycles. The number of amides is 1. The first-order chi connectivity index (χ1) is 13.3. The third-order valence-electron chi connectivity index (χ3n) is 5.51. The van der Waals surface area contributed by atoms with Crippen LogP contribution in [0.3, 0.4) is 0 Å². The van der Waals surface area contributed by atoms with E-state index in [2.05, 4.69) is 0 Å². The maximum Gasteiger partial charge on any atom is 0.228 e. The third kappa shape index (κ3) is 2.57. The molecule has 2 unspecified atom stereocenters. The molecule has 2 aromatic rings. The van der Waals surface area contributed by atoms with Crippen LogP contribution < -0.4 is 4.74 Å². The van der Waals surface area contributed by atoms with Crippen LogP contribution in [0.5, 0.6) is 5.75 Å². The molecule has 28 heavy (non-hydrogen) atoms. The number of fused-ring (bicyclic) bond motifs is 1. The largest absolute Gasteiger partial charge is 0.496 e. The Morgan fingerprint density at radius 2 is 1.82 bits per heavy atom. The molecule has 2 aromatic carbocycles. The summed E-state index contributed by atoms with van der Waals surface area (Å²) >= 11 is 5.85. The van der Waals surface area contributed by atoms with Crippen molar-refractivity contribution >= 4 is 33.1 Å². The molecule has 4 rings (SSSR count). The van der Waals surface area contributed by atoms with Gasteiger partial charge in [-0.15, -0.1) is 0 Å². The number of Topliss-reactive ketones (excluding diaryl/α,β-unsaturated/α-hetero) is 1. The number of nitrogens with zero attached hydrogens (tertiary/aromatic N) is 1. The van der Waals surface area contributed by atoms with E-state index in [0.717, 1.165) is 5.56 Å². The van der Waals surface area contributed by atoms with Gasteiger partial charge in [-0.25, -0.2) is 8.42 Å². The highest BCUT2D eigenvalue weighted by Crippen LogP contribution is 2.48. The molecule has 2 fully saturated rings. The molecule has 2 aliphatic rings. The number of hydrogen-bond acceptors (Lipinski definition) is 5. The number of carbonyl (C=O) groups excluding carboxylic acids is 2. The van der Waals surface area contributed by atoms with E-state index in [9.17, 15) is 18.0 Å². The second-order valence-electron chi connectivity index (χ2n) is 7.00. The Morgan fingerprint density at radius 3 is 2.46 bits per heavy atom. The molecule has 146 valence electrons. The monoisotopic (exact) mass is 419 g/mol. The summed E-state index contributed by atoms with van der Waals surface area (Å²) in [6, 6.07) is 12.9. The maximum atomic E-state index is 13.3. The summed E-state index contributed by atoms with van der Waals surface area (Å²) < 4.78 is 32.0. The zero-order valence-corrected chi connectivity index (χ0v) is 16.7. The molecule has 1 amide bonds. The van der Waals surface area contributed by atoms with Crippen LogP contribution in [0, 0.1) is 5.92 Å². The Balaban J connectivity index is 1.71. The highest BCUT2D eigenvalue weighted by Gasteiger charge is 2.70. The minimum Gasteiger partial charge on any atom is -0.496 e. The number of para-hydroxylation sites is 1. The van der Waals surface area contributed by atoms with Crippen LogP contribution in [-0.2, 0) is 25.8 Å².